The summed E-state index contributed by atoms with van der Waals surface area (Å²) in [5.74, 6) is 0.851. The third-order valence-electron chi connectivity index (χ3n) is 4.33. The van der Waals surface area contributed by atoms with Crippen LogP contribution in [-0.4, -0.2) is 24.1 Å². The van der Waals surface area contributed by atoms with Gasteiger partial charge < -0.3 is 15.0 Å². The number of para-hydroxylation sites is 1. The normalized spacial score (nSPS) is 10.3. The number of urea groups is 1. The first-order chi connectivity index (χ1) is 13.8. The van der Waals surface area contributed by atoms with Crippen molar-refractivity contribution in [2.24, 2.45) is 0 Å². The van der Waals surface area contributed by atoms with Gasteiger partial charge in [0.15, 0.2) is 0 Å². The van der Waals surface area contributed by atoms with E-state index in [2.05, 4.69) is 5.32 Å². The minimum absolute atomic E-state index is 0.0626. The summed E-state index contributed by atoms with van der Waals surface area (Å²) >= 11 is 0. The summed E-state index contributed by atoms with van der Waals surface area (Å²) in [7, 11) is 0. The Bertz CT molecular complexity index is 781. The number of carbonyl (C=O) groups is 1. The molecule has 28 heavy (non-hydrogen) atoms. The number of carbonyl (C=O) groups excluding carboxylic acids is 1. The predicted molar refractivity (Wildman–Crippen MR) is 112 cm³/mol. The smallest absolute Gasteiger partial charge is 0.318 e. The first-order valence-electron chi connectivity index (χ1n) is 9.60. The highest BCUT2D eigenvalue weighted by Crippen LogP contribution is 2.11. The van der Waals surface area contributed by atoms with E-state index in [9.17, 15) is 4.79 Å². The van der Waals surface area contributed by atoms with E-state index < -0.39 is 0 Å². The molecular formula is C24H26N2O2. The lowest BCUT2D eigenvalue weighted by Gasteiger charge is -2.23. The summed E-state index contributed by atoms with van der Waals surface area (Å²) < 4.78 is 5.67. The molecule has 0 atom stereocenters. The fourth-order valence-electron chi connectivity index (χ4n) is 2.89. The molecule has 3 aromatic carbocycles. The second-order valence-corrected chi connectivity index (χ2v) is 6.57. The van der Waals surface area contributed by atoms with E-state index in [1.165, 1.54) is 0 Å². The van der Waals surface area contributed by atoms with Gasteiger partial charge in [0.05, 0.1) is 6.61 Å². The number of nitrogens with one attached hydrogen (secondary N) is 1. The van der Waals surface area contributed by atoms with Crippen molar-refractivity contribution in [3.8, 4) is 5.75 Å². The highest BCUT2D eigenvalue weighted by atomic mass is 16.5. The van der Waals surface area contributed by atoms with Gasteiger partial charge >= 0.3 is 6.03 Å². The average Bonchev–Trinajstić information content (AvgIpc) is 2.75. The van der Waals surface area contributed by atoms with Crippen LogP contribution in [0.4, 0.5) is 4.79 Å². The fourth-order valence-corrected chi connectivity index (χ4v) is 2.89. The zero-order valence-electron chi connectivity index (χ0n) is 16.0. The Morgan fingerprint density at radius 1 is 0.750 bits per heavy atom. The molecule has 0 aromatic heterocycles. The molecule has 0 radical (unpaired) electrons. The van der Waals surface area contributed by atoms with Gasteiger partial charge in [-0.05, 0) is 29.7 Å². The number of amides is 2. The van der Waals surface area contributed by atoms with Gasteiger partial charge in [0.2, 0.25) is 0 Å². The zero-order chi connectivity index (χ0) is 19.4. The summed E-state index contributed by atoms with van der Waals surface area (Å²) in [5, 5.41) is 3.02. The Kier molecular flexibility index (Phi) is 7.50. The third kappa shape index (κ3) is 6.47. The maximum Gasteiger partial charge on any atom is 0.318 e. The summed E-state index contributed by atoms with van der Waals surface area (Å²) in [6.07, 6.45) is 0.755. The van der Waals surface area contributed by atoms with Crippen LogP contribution in [0.1, 0.15) is 17.5 Å². The maximum atomic E-state index is 12.8. The number of nitrogens with zero attached hydrogens (tertiary/aromatic N) is 1. The molecule has 4 heteroatoms. The van der Waals surface area contributed by atoms with Crippen LogP contribution >= 0.6 is 0 Å². The standard InChI is InChI=1S/C24H26N2O2/c27-24(25-17-10-18-28-23-15-8-3-9-16-23)26(19-21-11-4-1-5-12-21)20-22-13-6-2-7-14-22/h1-9,11-16H,10,17-20H2,(H,25,27). The molecule has 3 aromatic rings. The number of benzene rings is 3. The molecule has 0 saturated heterocycles. The van der Waals surface area contributed by atoms with E-state index in [-0.39, 0.29) is 6.03 Å². The fraction of sp³-hybridized carbons (Fsp3) is 0.208. The van der Waals surface area contributed by atoms with Crippen molar-refractivity contribution in [1.29, 1.82) is 0 Å². The Balaban J connectivity index is 1.50. The molecule has 1 N–H and O–H groups in total. The molecule has 0 aliphatic rings. The Hall–Kier alpha value is -3.27. The number of hydrogen-bond donors (Lipinski definition) is 1. The summed E-state index contributed by atoms with van der Waals surface area (Å²) in [6, 6.07) is 29.8. The lowest BCUT2D eigenvalue weighted by molar-refractivity contribution is 0.191. The highest BCUT2D eigenvalue weighted by Gasteiger charge is 2.14. The molecule has 144 valence electrons. The summed E-state index contributed by atoms with van der Waals surface area (Å²) in [6.45, 7) is 2.29. The molecule has 0 spiro atoms. The van der Waals surface area contributed by atoms with Gasteiger partial charge in [-0.25, -0.2) is 4.79 Å². The van der Waals surface area contributed by atoms with Crippen molar-refractivity contribution >= 4 is 6.03 Å². The second-order valence-electron chi connectivity index (χ2n) is 6.57. The molecule has 0 aliphatic heterocycles. The molecule has 0 aliphatic carbocycles. The van der Waals surface area contributed by atoms with E-state index in [0.717, 1.165) is 23.3 Å². The topological polar surface area (TPSA) is 41.6 Å². The SMILES string of the molecule is O=C(NCCCOc1ccccc1)N(Cc1ccccc1)Cc1ccccc1. The quantitative estimate of drug-likeness (QED) is 0.543. The van der Waals surface area contributed by atoms with Gasteiger partial charge in [0.1, 0.15) is 5.75 Å². The predicted octanol–water partition coefficient (Wildman–Crippen LogP) is 4.87. The zero-order valence-corrected chi connectivity index (χ0v) is 16.0. The second kappa shape index (κ2) is 10.8. The van der Waals surface area contributed by atoms with Crippen LogP contribution in [0.5, 0.6) is 5.75 Å². The molecule has 2 amide bonds. The maximum absolute atomic E-state index is 12.8. The lowest BCUT2D eigenvalue weighted by atomic mass is 10.2. The van der Waals surface area contributed by atoms with Crippen LogP contribution in [-0.2, 0) is 13.1 Å². The van der Waals surface area contributed by atoms with E-state index in [0.29, 0.717) is 26.2 Å². The van der Waals surface area contributed by atoms with Crippen molar-refractivity contribution in [1.82, 2.24) is 10.2 Å². The van der Waals surface area contributed by atoms with Gasteiger partial charge in [0, 0.05) is 19.6 Å². The molecule has 0 fully saturated rings. The molecule has 3 rings (SSSR count). The molecule has 0 saturated carbocycles. The van der Waals surface area contributed by atoms with Crippen molar-refractivity contribution in [2.75, 3.05) is 13.2 Å². The summed E-state index contributed by atoms with van der Waals surface area (Å²) in [4.78, 5) is 14.6. The van der Waals surface area contributed by atoms with Crippen molar-refractivity contribution in [3.63, 3.8) is 0 Å². The van der Waals surface area contributed by atoms with Gasteiger partial charge in [0.25, 0.3) is 0 Å². The number of hydrogen-bond acceptors (Lipinski definition) is 2. The molecular weight excluding hydrogens is 348 g/mol. The van der Waals surface area contributed by atoms with Gasteiger partial charge in [-0.1, -0.05) is 78.9 Å². The van der Waals surface area contributed by atoms with E-state index in [1.54, 1.807) is 0 Å². The molecule has 0 unspecified atom stereocenters. The van der Waals surface area contributed by atoms with E-state index >= 15 is 0 Å². The molecule has 0 heterocycles. The monoisotopic (exact) mass is 374 g/mol. The summed E-state index contributed by atoms with van der Waals surface area (Å²) in [5.41, 5.74) is 2.22. The first-order valence-corrected chi connectivity index (χ1v) is 9.60. The Morgan fingerprint density at radius 2 is 1.25 bits per heavy atom. The van der Waals surface area contributed by atoms with E-state index in [1.807, 2.05) is 95.9 Å². The van der Waals surface area contributed by atoms with Crippen LogP contribution in [0.25, 0.3) is 0 Å². The van der Waals surface area contributed by atoms with E-state index in [4.69, 9.17) is 4.74 Å². The van der Waals surface area contributed by atoms with Crippen LogP contribution in [0.3, 0.4) is 0 Å². The third-order valence-corrected chi connectivity index (χ3v) is 4.33. The largest absolute Gasteiger partial charge is 0.494 e. The van der Waals surface area contributed by atoms with Crippen LogP contribution in [0, 0.1) is 0 Å². The number of ether oxygens (including phenoxy) is 1. The highest BCUT2D eigenvalue weighted by molar-refractivity contribution is 5.74. The molecule has 4 nitrogen and oxygen atoms in total. The minimum atomic E-state index is -0.0626. The van der Waals surface area contributed by atoms with Gasteiger partial charge in [-0.15, -0.1) is 0 Å². The van der Waals surface area contributed by atoms with Crippen LogP contribution < -0.4 is 10.1 Å². The number of rotatable bonds is 9. The van der Waals surface area contributed by atoms with Crippen molar-refractivity contribution in [3.05, 3.63) is 102 Å². The van der Waals surface area contributed by atoms with Crippen molar-refractivity contribution < 1.29 is 9.53 Å². The van der Waals surface area contributed by atoms with Crippen molar-refractivity contribution in [2.45, 2.75) is 19.5 Å². The van der Waals surface area contributed by atoms with Gasteiger partial charge in [-0.3, -0.25) is 0 Å². The first kappa shape index (κ1) is 19.5. The van der Waals surface area contributed by atoms with Gasteiger partial charge in [-0.2, -0.15) is 0 Å². The van der Waals surface area contributed by atoms with Crippen LogP contribution in [0.2, 0.25) is 0 Å². The minimum Gasteiger partial charge on any atom is -0.494 e. The average molecular weight is 374 g/mol. The molecule has 0 bridgehead atoms. The Morgan fingerprint density at radius 3 is 1.79 bits per heavy atom. The lowest BCUT2D eigenvalue weighted by Crippen LogP contribution is -2.39. The van der Waals surface area contributed by atoms with Crippen LogP contribution in [0.15, 0.2) is 91.0 Å². The Labute approximate surface area is 166 Å².